The van der Waals surface area contributed by atoms with Crippen molar-refractivity contribution >= 4 is 12.0 Å². The van der Waals surface area contributed by atoms with Crippen LogP contribution in [0, 0.1) is 11.8 Å². The summed E-state index contributed by atoms with van der Waals surface area (Å²) >= 11 is 0. The first-order valence-corrected chi connectivity index (χ1v) is 6.32. The van der Waals surface area contributed by atoms with Gasteiger partial charge >= 0.3 is 12.0 Å². The Morgan fingerprint density at radius 2 is 2.00 bits per heavy atom. The van der Waals surface area contributed by atoms with Gasteiger partial charge in [-0.25, -0.2) is 4.79 Å². The molecule has 0 heterocycles. The summed E-state index contributed by atoms with van der Waals surface area (Å²) in [5.74, 6) is -0.546. The van der Waals surface area contributed by atoms with Gasteiger partial charge in [-0.3, -0.25) is 4.79 Å². The lowest BCUT2D eigenvalue weighted by Gasteiger charge is -2.23. The minimum atomic E-state index is -0.794. The number of urea groups is 1. The van der Waals surface area contributed by atoms with Gasteiger partial charge in [-0.1, -0.05) is 6.42 Å². The number of carbonyl (C=O) groups is 2. The smallest absolute Gasteiger partial charge is 0.317 e. The van der Waals surface area contributed by atoms with Crippen molar-refractivity contribution in [2.75, 3.05) is 13.6 Å². The summed E-state index contributed by atoms with van der Waals surface area (Å²) in [6.07, 6.45) is 4.75. The maximum Gasteiger partial charge on any atom is 0.317 e. The molecular weight excluding hydrogens is 220 g/mol. The van der Waals surface area contributed by atoms with Gasteiger partial charge in [0.25, 0.3) is 0 Å². The molecular formula is C12H20N2O3. The van der Waals surface area contributed by atoms with E-state index < -0.39 is 11.9 Å². The highest BCUT2D eigenvalue weighted by Crippen LogP contribution is 2.29. The molecule has 0 saturated heterocycles. The topological polar surface area (TPSA) is 69.6 Å². The predicted octanol–water partition coefficient (Wildman–Crippen LogP) is 1.29. The van der Waals surface area contributed by atoms with Crippen molar-refractivity contribution in [3.05, 3.63) is 0 Å². The maximum absolute atomic E-state index is 11.9. The van der Waals surface area contributed by atoms with E-state index in [2.05, 4.69) is 5.32 Å². The monoisotopic (exact) mass is 240 g/mol. The van der Waals surface area contributed by atoms with Crippen LogP contribution in [0.15, 0.2) is 0 Å². The van der Waals surface area contributed by atoms with Crippen molar-refractivity contribution in [2.45, 2.75) is 38.1 Å². The Morgan fingerprint density at radius 1 is 1.29 bits per heavy atom. The number of hydrogen-bond donors (Lipinski definition) is 2. The number of carboxylic acid groups (broad SMARTS) is 1. The lowest BCUT2D eigenvalue weighted by Crippen LogP contribution is -2.46. The van der Waals surface area contributed by atoms with Crippen LogP contribution in [-0.2, 0) is 4.79 Å². The number of carbonyl (C=O) groups excluding carboxylic acids is 1. The Kier molecular flexibility index (Phi) is 3.54. The Labute approximate surface area is 101 Å². The second kappa shape index (κ2) is 4.94. The average Bonchev–Trinajstić information content (AvgIpc) is 2.94. The molecule has 2 rings (SSSR count). The van der Waals surface area contributed by atoms with E-state index in [1.54, 1.807) is 11.9 Å². The van der Waals surface area contributed by atoms with Crippen LogP contribution in [0.25, 0.3) is 0 Å². The number of rotatable bonds is 4. The molecule has 0 aliphatic heterocycles. The summed E-state index contributed by atoms with van der Waals surface area (Å²) in [7, 11) is 1.78. The summed E-state index contributed by atoms with van der Waals surface area (Å²) in [5, 5.41) is 11.9. The van der Waals surface area contributed by atoms with Crippen LogP contribution in [0.5, 0.6) is 0 Å². The zero-order chi connectivity index (χ0) is 12.4. The predicted molar refractivity (Wildman–Crippen MR) is 62.7 cm³/mol. The van der Waals surface area contributed by atoms with Crippen LogP contribution in [0.2, 0.25) is 0 Å². The molecule has 2 aliphatic rings. The van der Waals surface area contributed by atoms with Crippen molar-refractivity contribution in [3.8, 4) is 0 Å². The molecule has 2 N–H and O–H groups in total. The van der Waals surface area contributed by atoms with Crippen molar-refractivity contribution in [1.82, 2.24) is 10.2 Å². The van der Waals surface area contributed by atoms with E-state index in [1.165, 1.54) is 12.8 Å². The third kappa shape index (κ3) is 3.11. The minimum Gasteiger partial charge on any atom is -0.481 e. The fourth-order valence-electron chi connectivity index (χ4n) is 2.47. The lowest BCUT2D eigenvalue weighted by atomic mass is 10.0. The highest BCUT2D eigenvalue weighted by Gasteiger charge is 2.34. The highest BCUT2D eigenvalue weighted by atomic mass is 16.4. The van der Waals surface area contributed by atoms with Crippen LogP contribution in [-0.4, -0.2) is 41.6 Å². The Hall–Kier alpha value is -1.26. The zero-order valence-corrected chi connectivity index (χ0v) is 10.2. The van der Waals surface area contributed by atoms with Gasteiger partial charge in [0, 0.05) is 19.6 Å². The second-order valence-electron chi connectivity index (χ2n) is 5.26. The van der Waals surface area contributed by atoms with Gasteiger partial charge in [0.2, 0.25) is 0 Å². The van der Waals surface area contributed by atoms with E-state index in [9.17, 15) is 9.59 Å². The average molecular weight is 240 g/mol. The standard InChI is InChI=1S/C12H20N2O3/c1-14(7-8-5-6-8)12(17)13-10-4-2-3-9(10)11(15)16/h8-10H,2-7H2,1H3,(H,13,17)(H,15,16). The SMILES string of the molecule is CN(CC1CC1)C(=O)NC1CCCC1C(=O)O. The first kappa shape index (κ1) is 12.2. The summed E-state index contributed by atoms with van der Waals surface area (Å²) in [6, 6.07) is -0.322. The second-order valence-corrected chi connectivity index (χ2v) is 5.26. The molecule has 2 atom stereocenters. The first-order valence-electron chi connectivity index (χ1n) is 6.32. The molecule has 5 nitrogen and oxygen atoms in total. The Morgan fingerprint density at radius 3 is 2.59 bits per heavy atom. The molecule has 0 spiro atoms. The first-order chi connectivity index (χ1) is 8.08. The summed E-state index contributed by atoms with van der Waals surface area (Å²) in [5.41, 5.74) is 0. The third-order valence-electron chi connectivity index (χ3n) is 3.72. The maximum atomic E-state index is 11.9. The third-order valence-corrected chi connectivity index (χ3v) is 3.72. The summed E-state index contributed by atoms with van der Waals surface area (Å²) in [4.78, 5) is 24.5. The minimum absolute atomic E-state index is 0.130. The quantitative estimate of drug-likeness (QED) is 0.778. The van der Waals surface area contributed by atoms with Crippen LogP contribution in [0.4, 0.5) is 4.79 Å². The molecule has 0 radical (unpaired) electrons. The molecule has 2 amide bonds. The highest BCUT2D eigenvalue weighted by molar-refractivity contribution is 5.77. The molecule has 0 aromatic carbocycles. The molecule has 2 fully saturated rings. The van der Waals surface area contributed by atoms with Crippen molar-refractivity contribution in [3.63, 3.8) is 0 Å². The fourth-order valence-corrected chi connectivity index (χ4v) is 2.47. The van der Waals surface area contributed by atoms with E-state index >= 15 is 0 Å². The molecule has 2 saturated carbocycles. The Bertz CT molecular complexity index is 315. The van der Waals surface area contributed by atoms with Gasteiger partial charge in [-0.05, 0) is 31.6 Å². The van der Waals surface area contributed by atoms with Crippen molar-refractivity contribution in [1.29, 1.82) is 0 Å². The van der Waals surface area contributed by atoms with Gasteiger partial charge < -0.3 is 15.3 Å². The van der Waals surface area contributed by atoms with Gasteiger partial charge in [0.1, 0.15) is 0 Å². The van der Waals surface area contributed by atoms with E-state index in [-0.39, 0.29) is 12.1 Å². The Balaban J connectivity index is 1.82. The fraction of sp³-hybridized carbons (Fsp3) is 0.833. The van der Waals surface area contributed by atoms with Crippen molar-refractivity contribution < 1.29 is 14.7 Å². The summed E-state index contributed by atoms with van der Waals surface area (Å²) < 4.78 is 0. The van der Waals surface area contributed by atoms with Crippen LogP contribution < -0.4 is 5.32 Å². The largest absolute Gasteiger partial charge is 0.481 e. The van der Waals surface area contributed by atoms with E-state index in [0.29, 0.717) is 12.3 Å². The van der Waals surface area contributed by atoms with E-state index in [1.807, 2.05) is 0 Å². The van der Waals surface area contributed by atoms with Gasteiger partial charge in [0.05, 0.1) is 5.92 Å². The zero-order valence-electron chi connectivity index (χ0n) is 10.2. The van der Waals surface area contributed by atoms with Crippen LogP contribution >= 0.6 is 0 Å². The lowest BCUT2D eigenvalue weighted by molar-refractivity contribution is -0.142. The number of amides is 2. The number of carboxylic acids is 1. The normalized spacial score (nSPS) is 27.8. The molecule has 17 heavy (non-hydrogen) atoms. The number of nitrogens with zero attached hydrogens (tertiary/aromatic N) is 1. The van der Waals surface area contributed by atoms with Crippen molar-refractivity contribution in [2.24, 2.45) is 11.8 Å². The van der Waals surface area contributed by atoms with Gasteiger partial charge in [0.15, 0.2) is 0 Å². The van der Waals surface area contributed by atoms with E-state index in [4.69, 9.17) is 5.11 Å². The van der Waals surface area contributed by atoms with Gasteiger partial charge in [-0.2, -0.15) is 0 Å². The molecule has 0 bridgehead atoms. The molecule has 96 valence electrons. The molecule has 2 unspecified atom stereocenters. The summed E-state index contributed by atoms with van der Waals surface area (Å²) in [6.45, 7) is 0.788. The number of nitrogens with one attached hydrogen (secondary N) is 1. The molecule has 0 aromatic rings. The van der Waals surface area contributed by atoms with Crippen LogP contribution in [0.3, 0.4) is 0 Å². The molecule has 0 aromatic heterocycles. The molecule has 5 heteroatoms. The van der Waals surface area contributed by atoms with E-state index in [0.717, 1.165) is 19.4 Å². The van der Waals surface area contributed by atoms with Gasteiger partial charge in [-0.15, -0.1) is 0 Å². The number of hydrogen-bond acceptors (Lipinski definition) is 2. The van der Waals surface area contributed by atoms with Crippen LogP contribution in [0.1, 0.15) is 32.1 Å². The number of aliphatic carboxylic acids is 1. The molecule has 2 aliphatic carbocycles.